The molecular formula is C24H31NO4. The third-order valence-electron chi connectivity index (χ3n) is 4.87. The highest BCUT2D eigenvalue weighted by Gasteiger charge is 2.20. The number of anilines is 1. The predicted octanol–water partition coefficient (Wildman–Crippen LogP) is 5.56. The molecular weight excluding hydrogens is 366 g/mol. The molecule has 1 N–H and O–H groups in total. The van der Waals surface area contributed by atoms with Gasteiger partial charge in [0, 0.05) is 5.69 Å². The fraction of sp³-hybridized carbons (Fsp3) is 0.417. The molecule has 0 aliphatic carbocycles. The Hall–Kier alpha value is -2.82. The number of hydrogen-bond acceptors (Lipinski definition) is 4. The number of unbranched alkanes of at least 4 members (excludes halogenated alkanes) is 1. The van der Waals surface area contributed by atoms with E-state index in [2.05, 4.69) is 26.1 Å². The molecule has 0 radical (unpaired) electrons. The summed E-state index contributed by atoms with van der Waals surface area (Å²) in [5.74, 6) is 0.140. The normalized spacial score (nSPS) is 12.7. The van der Waals surface area contributed by atoms with Gasteiger partial charge in [0.1, 0.15) is 5.75 Å². The van der Waals surface area contributed by atoms with E-state index >= 15 is 0 Å². The minimum Gasteiger partial charge on any atom is -0.494 e. The molecule has 156 valence electrons. The van der Waals surface area contributed by atoms with Crippen LogP contribution in [-0.2, 0) is 9.53 Å². The van der Waals surface area contributed by atoms with E-state index < -0.39 is 12.1 Å². The van der Waals surface area contributed by atoms with Crippen LogP contribution in [0.1, 0.15) is 68.8 Å². The van der Waals surface area contributed by atoms with Crippen molar-refractivity contribution in [3.05, 3.63) is 59.7 Å². The lowest BCUT2D eigenvalue weighted by molar-refractivity contribution is -0.123. The average Bonchev–Trinajstić information content (AvgIpc) is 2.74. The lowest BCUT2D eigenvalue weighted by atomic mass is 9.97. The second kappa shape index (κ2) is 11.2. The largest absolute Gasteiger partial charge is 0.494 e. The summed E-state index contributed by atoms with van der Waals surface area (Å²) in [5.41, 5.74) is 2.20. The van der Waals surface area contributed by atoms with E-state index in [-0.39, 0.29) is 5.91 Å². The first-order valence-electron chi connectivity index (χ1n) is 10.3. The van der Waals surface area contributed by atoms with Crippen molar-refractivity contribution in [2.75, 3.05) is 11.9 Å². The SMILES string of the molecule is CCCCOc1ccc(C(=O)O[C@@H](C)C(=O)Nc2ccccc2[C@H](C)CC)cc1. The third-order valence-corrected chi connectivity index (χ3v) is 4.87. The summed E-state index contributed by atoms with van der Waals surface area (Å²) in [4.78, 5) is 24.9. The van der Waals surface area contributed by atoms with Crippen LogP contribution >= 0.6 is 0 Å². The van der Waals surface area contributed by atoms with Gasteiger partial charge in [0.05, 0.1) is 12.2 Å². The quantitative estimate of drug-likeness (QED) is 0.421. The molecule has 5 heteroatoms. The molecule has 0 aromatic heterocycles. The summed E-state index contributed by atoms with van der Waals surface area (Å²) < 4.78 is 10.9. The van der Waals surface area contributed by atoms with Gasteiger partial charge in [-0.3, -0.25) is 4.79 Å². The Balaban J connectivity index is 1.95. The molecule has 0 unspecified atom stereocenters. The molecule has 0 spiro atoms. The summed E-state index contributed by atoms with van der Waals surface area (Å²) in [5, 5.41) is 2.88. The lowest BCUT2D eigenvalue weighted by Crippen LogP contribution is -2.30. The van der Waals surface area contributed by atoms with Gasteiger partial charge in [0.15, 0.2) is 6.10 Å². The Labute approximate surface area is 173 Å². The van der Waals surface area contributed by atoms with Gasteiger partial charge in [-0.2, -0.15) is 0 Å². The van der Waals surface area contributed by atoms with Crippen molar-refractivity contribution in [3.8, 4) is 5.75 Å². The highest BCUT2D eigenvalue weighted by molar-refractivity contribution is 5.97. The number of ether oxygens (including phenoxy) is 2. The maximum Gasteiger partial charge on any atom is 0.338 e. The van der Waals surface area contributed by atoms with Gasteiger partial charge >= 0.3 is 5.97 Å². The maximum atomic E-state index is 12.5. The number of carbonyl (C=O) groups excluding carboxylic acids is 2. The zero-order valence-electron chi connectivity index (χ0n) is 17.7. The minimum absolute atomic E-state index is 0.322. The van der Waals surface area contributed by atoms with Crippen LogP contribution in [0.5, 0.6) is 5.75 Å². The van der Waals surface area contributed by atoms with Crippen LogP contribution in [0, 0.1) is 0 Å². The lowest BCUT2D eigenvalue weighted by Gasteiger charge is -2.18. The van der Waals surface area contributed by atoms with Crippen molar-refractivity contribution in [2.24, 2.45) is 0 Å². The average molecular weight is 398 g/mol. The summed E-state index contributed by atoms with van der Waals surface area (Å²) in [6.07, 6.45) is 2.10. The molecule has 2 atom stereocenters. The van der Waals surface area contributed by atoms with E-state index in [4.69, 9.17) is 9.47 Å². The Kier molecular flexibility index (Phi) is 8.71. The third kappa shape index (κ3) is 6.63. The Morgan fingerprint density at radius 1 is 1.00 bits per heavy atom. The van der Waals surface area contributed by atoms with Crippen molar-refractivity contribution in [1.29, 1.82) is 0 Å². The van der Waals surface area contributed by atoms with Crippen LogP contribution in [-0.4, -0.2) is 24.6 Å². The number of esters is 1. The summed E-state index contributed by atoms with van der Waals surface area (Å²) in [6.45, 7) is 8.54. The van der Waals surface area contributed by atoms with E-state index in [1.165, 1.54) is 0 Å². The van der Waals surface area contributed by atoms with E-state index in [0.717, 1.165) is 30.5 Å². The fourth-order valence-corrected chi connectivity index (χ4v) is 2.80. The molecule has 0 aliphatic rings. The van der Waals surface area contributed by atoms with Crippen LogP contribution in [0.4, 0.5) is 5.69 Å². The van der Waals surface area contributed by atoms with Gasteiger partial charge in [0.2, 0.25) is 0 Å². The second-order valence-electron chi connectivity index (χ2n) is 7.16. The highest BCUT2D eigenvalue weighted by atomic mass is 16.5. The van der Waals surface area contributed by atoms with Crippen molar-refractivity contribution in [3.63, 3.8) is 0 Å². The minimum atomic E-state index is -0.909. The standard InChI is InChI=1S/C24H31NO4/c1-5-7-16-28-20-14-12-19(13-15-20)24(27)29-18(4)23(26)25-22-11-9-8-10-21(22)17(3)6-2/h8-15,17-18H,5-7,16H2,1-4H3,(H,25,26)/t17-,18+/m1/s1. The predicted molar refractivity (Wildman–Crippen MR) is 116 cm³/mol. The Morgan fingerprint density at radius 3 is 2.34 bits per heavy atom. The number of rotatable bonds is 10. The summed E-state index contributed by atoms with van der Waals surface area (Å²) in [7, 11) is 0. The van der Waals surface area contributed by atoms with Crippen molar-refractivity contribution in [1.82, 2.24) is 0 Å². The molecule has 2 aromatic rings. The number of amides is 1. The van der Waals surface area contributed by atoms with Gasteiger partial charge < -0.3 is 14.8 Å². The molecule has 29 heavy (non-hydrogen) atoms. The van der Waals surface area contributed by atoms with Crippen molar-refractivity contribution < 1.29 is 19.1 Å². The molecule has 2 rings (SSSR count). The maximum absolute atomic E-state index is 12.5. The molecule has 0 heterocycles. The topological polar surface area (TPSA) is 64.6 Å². The molecule has 0 aliphatic heterocycles. The zero-order valence-corrected chi connectivity index (χ0v) is 17.7. The first-order valence-corrected chi connectivity index (χ1v) is 10.3. The molecule has 5 nitrogen and oxygen atoms in total. The fourth-order valence-electron chi connectivity index (χ4n) is 2.80. The molecule has 0 fully saturated rings. The van der Waals surface area contributed by atoms with Crippen LogP contribution in [0.25, 0.3) is 0 Å². The number of nitrogens with one attached hydrogen (secondary N) is 1. The second-order valence-corrected chi connectivity index (χ2v) is 7.16. The molecule has 1 amide bonds. The van der Waals surface area contributed by atoms with Crippen LogP contribution in [0.15, 0.2) is 48.5 Å². The van der Waals surface area contributed by atoms with E-state index in [9.17, 15) is 9.59 Å². The van der Waals surface area contributed by atoms with Crippen LogP contribution < -0.4 is 10.1 Å². The Bertz CT molecular complexity index is 801. The van der Waals surface area contributed by atoms with E-state index in [1.54, 1.807) is 31.2 Å². The summed E-state index contributed by atoms with van der Waals surface area (Å²) in [6, 6.07) is 14.5. The summed E-state index contributed by atoms with van der Waals surface area (Å²) >= 11 is 0. The number of carbonyl (C=O) groups is 2. The monoisotopic (exact) mass is 397 g/mol. The van der Waals surface area contributed by atoms with Gasteiger partial charge in [-0.05, 0) is 61.6 Å². The number of hydrogen-bond donors (Lipinski definition) is 1. The smallest absolute Gasteiger partial charge is 0.338 e. The zero-order chi connectivity index (χ0) is 21.2. The van der Waals surface area contributed by atoms with Gasteiger partial charge in [-0.1, -0.05) is 45.4 Å². The van der Waals surface area contributed by atoms with Gasteiger partial charge in [0.25, 0.3) is 5.91 Å². The number of benzene rings is 2. The van der Waals surface area contributed by atoms with E-state index in [0.29, 0.717) is 23.8 Å². The highest BCUT2D eigenvalue weighted by Crippen LogP contribution is 2.26. The first kappa shape index (κ1) is 22.5. The molecule has 0 saturated carbocycles. The van der Waals surface area contributed by atoms with E-state index in [1.807, 2.05) is 24.3 Å². The van der Waals surface area contributed by atoms with Gasteiger partial charge in [-0.15, -0.1) is 0 Å². The number of para-hydroxylation sites is 1. The van der Waals surface area contributed by atoms with Crippen LogP contribution in [0.2, 0.25) is 0 Å². The molecule has 2 aromatic carbocycles. The van der Waals surface area contributed by atoms with Gasteiger partial charge in [-0.25, -0.2) is 4.79 Å². The molecule has 0 saturated heterocycles. The molecule has 0 bridgehead atoms. The first-order chi connectivity index (χ1) is 14.0. The van der Waals surface area contributed by atoms with Crippen LogP contribution in [0.3, 0.4) is 0 Å². The van der Waals surface area contributed by atoms with Crippen molar-refractivity contribution in [2.45, 2.75) is 59.0 Å². The van der Waals surface area contributed by atoms with Crippen molar-refractivity contribution >= 4 is 17.6 Å². The Morgan fingerprint density at radius 2 is 1.69 bits per heavy atom.